The van der Waals surface area contributed by atoms with Gasteiger partial charge in [0.1, 0.15) is 11.4 Å². The standard InChI is InChI=1S/C14H17N6O.C7H7ClN4O.C7H11N2.2CH3.2W/c1-7(2)9-8(3)6-20(19-9)13-16-11-10(17-18-13)14(4,5)12(21)15-11;1-7(2)3-4(9-5(7)13)10-6(8)12-11-3;1-5(2)7-6(3)4-8-9-7;;;;/h6H,1-5H3,(H,15,16,18,21);1-2H3,(H,9,10,12,13);4H,1-3H3,(H,8,9);2*1H3;;/q-1;;3*-1;2*+2. The topological polar surface area (TPSA) is 182 Å². The van der Waals surface area contributed by atoms with Crippen LogP contribution < -0.4 is 10.6 Å². The van der Waals surface area contributed by atoms with Gasteiger partial charge in [0.25, 0.3) is 5.95 Å². The summed E-state index contributed by atoms with van der Waals surface area (Å²) in [6.45, 7) is 19.3. The summed E-state index contributed by atoms with van der Waals surface area (Å²) in [5, 5.41) is 32.3. The number of halogens is 1. The van der Waals surface area contributed by atoms with Crippen LogP contribution >= 0.6 is 11.6 Å². The van der Waals surface area contributed by atoms with Gasteiger partial charge in [-0.15, -0.1) is 61.9 Å². The van der Waals surface area contributed by atoms with Gasteiger partial charge in [-0.3, -0.25) is 9.59 Å². The SMILES string of the molecule is CC1(C)C(=O)Nc2nc(Cl)nnc21.Cc1cn(-c2nnc3c(n2)NC(=O)C3(C)C)nc1[C-](C)C.Cc1cn[nH]c1[C-](C)C.[CH3-].[CH3-].[W+2].[W+2]. The zero-order valence-electron chi connectivity index (χ0n) is 28.7. The van der Waals surface area contributed by atoms with Crippen LogP contribution in [-0.2, 0) is 62.5 Å². The van der Waals surface area contributed by atoms with Gasteiger partial charge < -0.3 is 30.6 Å². The van der Waals surface area contributed by atoms with E-state index in [-0.39, 0.29) is 74.1 Å². The van der Waals surface area contributed by atoms with Gasteiger partial charge >= 0.3 is 42.1 Å². The van der Waals surface area contributed by atoms with Gasteiger partial charge in [-0.05, 0) is 51.7 Å². The van der Waals surface area contributed by atoms with Crippen LogP contribution in [0.3, 0.4) is 0 Å². The van der Waals surface area contributed by atoms with E-state index < -0.39 is 10.8 Å². The number of hydrogen-bond donors (Lipinski definition) is 3. The minimum absolute atomic E-state index is 0. The number of carbonyl (C=O) groups is 2. The summed E-state index contributed by atoms with van der Waals surface area (Å²) >= 11 is 5.53. The summed E-state index contributed by atoms with van der Waals surface area (Å²) in [5.74, 6) is 3.37. The van der Waals surface area contributed by atoms with E-state index in [2.05, 4.69) is 70.1 Å². The Balaban J connectivity index is 0.000000705. The first-order valence-corrected chi connectivity index (χ1v) is 13.9. The molecule has 4 aromatic rings. The fraction of sp³-hybridized carbons (Fsp3) is 0.400. The number of hydrogen-bond acceptors (Lipinski definition) is 10. The third-order valence-corrected chi connectivity index (χ3v) is 7.18. The second kappa shape index (κ2) is 16.7. The van der Waals surface area contributed by atoms with E-state index in [0.717, 1.165) is 22.9 Å². The van der Waals surface area contributed by atoms with Crippen molar-refractivity contribution in [3.63, 3.8) is 0 Å². The molecule has 3 N–H and O–H groups in total. The number of nitrogens with zero attached hydrogens (tertiary/aromatic N) is 9. The van der Waals surface area contributed by atoms with Gasteiger partial charge in [-0.1, -0.05) is 11.4 Å². The summed E-state index contributed by atoms with van der Waals surface area (Å²) in [6.07, 6.45) is 3.69. The van der Waals surface area contributed by atoms with Gasteiger partial charge in [0, 0.05) is 0 Å². The summed E-state index contributed by atoms with van der Waals surface area (Å²) in [6, 6.07) is 0. The summed E-state index contributed by atoms with van der Waals surface area (Å²) in [5.41, 5.74) is 4.09. The fourth-order valence-corrected chi connectivity index (χ4v) is 4.51. The summed E-state index contributed by atoms with van der Waals surface area (Å²) in [4.78, 5) is 31.5. The molecule has 0 fully saturated rings. The molecule has 2 aliphatic heterocycles. The van der Waals surface area contributed by atoms with E-state index >= 15 is 0 Å². The first-order valence-electron chi connectivity index (χ1n) is 13.5. The Hall–Kier alpha value is -3.21. The third-order valence-electron chi connectivity index (χ3n) is 7.02. The minimum atomic E-state index is -0.702. The number of anilines is 2. The van der Waals surface area contributed by atoms with Crippen molar-refractivity contribution in [3.05, 3.63) is 78.3 Å². The molecule has 6 heterocycles. The number of aromatic amines is 1. The number of amides is 2. The van der Waals surface area contributed by atoms with Gasteiger partial charge in [0.2, 0.25) is 17.1 Å². The number of fused-ring (bicyclic) bond motifs is 2. The van der Waals surface area contributed by atoms with E-state index in [9.17, 15) is 9.59 Å². The predicted molar refractivity (Wildman–Crippen MR) is 173 cm³/mol. The average molecular weight is 1000 g/mol. The van der Waals surface area contributed by atoms with Crippen LogP contribution in [0.25, 0.3) is 5.95 Å². The zero-order valence-corrected chi connectivity index (χ0v) is 35.3. The second-order valence-corrected chi connectivity index (χ2v) is 12.1. The quantitative estimate of drug-likeness (QED) is 0.239. The number of carbonyl (C=O) groups excluding carboxylic acids is 2. The predicted octanol–water partition coefficient (Wildman–Crippen LogP) is 4.89. The summed E-state index contributed by atoms with van der Waals surface area (Å²) < 4.78 is 1.59. The maximum Gasteiger partial charge on any atom is 2.00 e. The monoisotopic (exact) mass is 1000 g/mol. The molecular weight excluding hydrogens is 964 g/mol. The van der Waals surface area contributed by atoms with Crippen molar-refractivity contribution in [2.75, 3.05) is 10.6 Å². The van der Waals surface area contributed by atoms with Crippen LogP contribution in [0.1, 0.15) is 89.3 Å². The fourth-order valence-electron chi connectivity index (χ4n) is 4.39. The van der Waals surface area contributed by atoms with Crippen molar-refractivity contribution in [1.82, 2.24) is 50.3 Å². The molecule has 0 atom stereocenters. The Morgan fingerprint density at radius 2 is 1.28 bits per heavy atom. The molecule has 17 heteroatoms. The van der Waals surface area contributed by atoms with Crippen LogP contribution in [0, 0.1) is 40.5 Å². The largest absolute Gasteiger partial charge is 2.00 e. The molecule has 252 valence electrons. The first kappa shape index (κ1) is 43.8. The van der Waals surface area contributed by atoms with Crippen LogP contribution in [0.5, 0.6) is 0 Å². The molecule has 0 aliphatic carbocycles. The molecule has 2 amide bonds. The maximum absolute atomic E-state index is 11.9. The van der Waals surface area contributed by atoms with E-state index in [1.54, 1.807) is 32.4 Å². The number of aryl methyl sites for hydroxylation is 2. The van der Waals surface area contributed by atoms with Crippen LogP contribution in [-0.4, -0.2) is 62.2 Å². The molecule has 4 aromatic heterocycles. The van der Waals surface area contributed by atoms with Crippen molar-refractivity contribution < 1.29 is 51.7 Å². The normalized spacial score (nSPS) is 13.9. The Morgan fingerprint density at radius 1 is 0.766 bits per heavy atom. The molecule has 0 unspecified atom stereocenters. The smallest absolute Gasteiger partial charge is 0.358 e. The van der Waals surface area contributed by atoms with E-state index in [4.69, 9.17) is 11.6 Å². The number of aromatic nitrogens is 10. The van der Waals surface area contributed by atoms with Gasteiger partial charge in [0.15, 0.2) is 11.6 Å². The number of rotatable bonds is 3. The van der Waals surface area contributed by atoms with E-state index in [1.165, 1.54) is 11.5 Å². The third kappa shape index (κ3) is 9.03. The van der Waals surface area contributed by atoms with Gasteiger partial charge in [0.05, 0.1) is 10.8 Å². The Morgan fingerprint density at radius 3 is 1.70 bits per heavy atom. The molecule has 0 saturated carbocycles. The molecule has 0 saturated heterocycles. The Bertz CT molecular complexity index is 1680. The van der Waals surface area contributed by atoms with Gasteiger partial charge in [-0.25, -0.2) is 14.9 Å². The number of H-pyrrole nitrogens is 1. The Labute approximate surface area is 310 Å². The van der Waals surface area contributed by atoms with E-state index in [0.29, 0.717) is 29.0 Å². The van der Waals surface area contributed by atoms with Crippen LogP contribution in [0.15, 0.2) is 12.4 Å². The molecule has 6 rings (SSSR count). The maximum atomic E-state index is 11.9. The Kier molecular flexibility index (Phi) is 15.6. The van der Waals surface area contributed by atoms with Gasteiger partial charge in [-0.2, -0.15) is 32.9 Å². The van der Waals surface area contributed by atoms with Crippen LogP contribution in [0.2, 0.25) is 5.28 Å². The number of nitrogens with one attached hydrogen (secondary N) is 3. The molecule has 14 nitrogen and oxygen atoms in total. The molecule has 0 spiro atoms. The molecule has 0 radical (unpaired) electrons. The molecule has 0 aromatic carbocycles. The van der Waals surface area contributed by atoms with E-state index in [1.807, 2.05) is 40.1 Å². The molecule has 0 bridgehead atoms. The summed E-state index contributed by atoms with van der Waals surface area (Å²) in [7, 11) is 0. The van der Waals surface area contributed by atoms with Crippen molar-refractivity contribution >= 4 is 35.1 Å². The average Bonchev–Trinajstić information content (AvgIpc) is 3.64. The minimum Gasteiger partial charge on any atom is -0.358 e. The van der Waals surface area contributed by atoms with Crippen molar-refractivity contribution in [2.45, 2.75) is 80.1 Å². The van der Waals surface area contributed by atoms with Crippen molar-refractivity contribution in [2.24, 2.45) is 0 Å². The first-order chi connectivity index (χ1) is 20.0. The molecular formula is C30H41ClN12O2W2. The zero-order chi connectivity index (χ0) is 31.9. The second-order valence-electron chi connectivity index (χ2n) is 11.8. The van der Waals surface area contributed by atoms with Crippen molar-refractivity contribution in [1.29, 1.82) is 0 Å². The molecule has 47 heavy (non-hydrogen) atoms. The van der Waals surface area contributed by atoms with Crippen molar-refractivity contribution in [3.8, 4) is 5.95 Å². The van der Waals surface area contributed by atoms with Crippen LogP contribution in [0.4, 0.5) is 11.6 Å². The molecule has 2 aliphatic rings.